The number of nitrogens with zero attached hydrogens (tertiary/aromatic N) is 2. The van der Waals surface area contributed by atoms with Crippen LogP contribution in [-0.2, 0) is 29.4 Å². The molecule has 0 spiro atoms. The second-order valence-corrected chi connectivity index (χ2v) is 12.3. The first kappa shape index (κ1) is 41.4. The van der Waals surface area contributed by atoms with E-state index in [2.05, 4.69) is 30.7 Å². The Morgan fingerprint density at radius 3 is 1.83 bits per heavy atom. The molecule has 1 aliphatic rings. The molecule has 4 atom stereocenters. The fourth-order valence-electron chi connectivity index (χ4n) is 6.18. The summed E-state index contributed by atoms with van der Waals surface area (Å²) in [4.78, 5) is 52.3. The first-order chi connectivity index (χ1) is 26.0. The van der Waals surface area contributed by atoms with Gasteiger partial charge >= 0.3 is 17.6 Å². The molecule has 14 heteroatoms. The molecule has 0 bridgehead atoms. The van der Waals surface area contributed by atoms with Crippen molar-refractivity contribution in [3.63, 3.8) is 0 Å². The molecule has 13 nitrogen and oxygen atoms in total. The highest BCUT2D eigenvalue weighted by molar-refractivity contribution is 5.76. The predicted molar refractivity (Wildman–Crippen MR) is 199 cm³/mol. The lowest BCUT2D eigenvalue weighted by atomic mass is 9.79. The lowest BCUT2D eigenvalue weighted by Crippen LogP contribution is -2.45. The minimum atomic E-state index is -2.03. The van der Waals surface area contributed by atoms with Gasteiger partial charge in [0.05, 0.1) is 27.1 Å². The number of methoxy groups -OCH3 is 2. The molecule has 0 saturated carbocycles. The zero-order valence-electron chi connectivity index (χ0n) is 31.1. The molecule has 0 aliphatic carbocycles. The summed E-state index contributed by atoms with van der Waals surface area (Å²) in [6, 6.07) is 24.2. The number of nitrogens with one attached hydrogen (secondary N) is 1. The van der Waals surface area contributed by atoms with E-state index in [9.17, 15) is 19.2 Å². The van der Waals surface area contributed by atoms with Crippen LogP contribution in [0.4, 0.5) is 4.39 Å². The molecule has 0 radical (unpaired) electrons. The minimum absolute atomic E-state index is 0.416. The van der Waals surface area contributed by atoms with Crippen molar-refractivity contribution < 1.29 is 42.8 Å². The molecule has 1 fully saturated rings. The van der Waals surface area contributed by atoms with Crippen LogP contribution in [0.25, 0.3) is 0 Å². The van der Waals surface area contributed by atoms with Crippen molar-refractivity contribution in [2.24, 2.45) is 0 Å². The van der Waals surface area contributed by atoms with Crippen molar-refractivity contribution >= 4 is 11.9 Å². The number of aromatic nitrogens is 2. The third-order valence-electron chi connectivity index (χ3n) is 9.17. The van der Waals surface area contributed by atoms with Crippen molar-refractivity contribution in [1.29, 1.82) is 0 Å². The van der Waals surface area contributed by atoms with Crippen LogP contribution in [0.5, 0.6) is 11.5 Å². The van der Waals surface area contributed by atoms with Crippen LogP contribution in [0, 0.1) is 0 Å². The number of alkyl halides is 1. The summed E-state index contributed by atoms with van der Waals surface area (Å²) in [5.74, 6) is -0.883. The molecule has 54 heavy (non-hydrogen) atoms. The van der Waals surface area contributed by atoms with Gasteiger partial charge in [-0.1, -0.05) is 75.4 Å². The van der Waals surface area contributed by atoms with Gasteiger partial charge in [0.2, 0.25) is 0 Å². The Labute approximate surface area is 313 Å². The number of rotatable bonds is 16. The standard InChI is InChI=1S/C34H33FN2O10.C6H15N/c1-43-24-12-8-22(9-13-24)34(21-6-4-3-5-7-21,23-10-14-25(44-2)15-11-23)47-31-26(20-45-29(41)17-16-28(39)40)46-32(30(31)35)37-19-18-27(38)36-33(37)42;1-4-7(5-2)6-3/h3-15,18-19,26,30-32H,16-17,20H2,1-2H3,(H,39,40)(H,36,38,42);4-6H2,1-3H3/t26-,30-,31-,32-;/m1./s1. The Bertz CT molecular complexity index is 1840. The number of ether oxygens (including phenoxy) is 5. The van der Waals surface area contributed by atoms with Crippen LogP contribution < -0.4 is 20.7 Å². The van der Waals surface area contributed by atoms with Gasteiger partial charge in [-0.05, 0) is 60.6 Å². The first-order valence-electron chi connectivity index (χ1n) is 17.7. The number of benzene rings is 3. The molecule has 1 aliphatic heterocycles. The summed E-state index contributed by atoms with van der Waals surface area (Å²) in [6.45, 7) is 9.61. The molecule has 5 rings (SSSR count). The maximum atomic E-state index is 16.8. The Kier molecular flexibility index (Phi) is 15.1. The van der Waals surface area contributed by atoms with Gasteiger partial charge in [0.15, 0.2) is 12.4 Å². The minimum Gasteiger partial charge on any atom is -0.497 e. The maximum Gasteiger partial charge on any atom is 0.330 e. The molecule has 2 heterocycles. The number of carbonyl (C=O) groups is 2. The predicted octanol–water partition coefficient (Wildman–Crippen LogP) is 4.92. The third kappa shape index (κ3) is 10.0. The first-order valence-corrected chi connectivity index (χ1v) is 17.7. The lowest BCUT2D eigenvalue weighted by Gasteiger charge is -2.39. The topological polar surface area (TPSA) is 159 Å². The van der Waals surface area contributed by atoms with Crippen LogP contribution in [0.2, 0.25) is 0 Å². The number of hydrogen-bond acceptors (Lipinski definition) is 10. The summed E-state index contributed by atoms with van der Waals surface area (Å²) in [7, 11) is 3.06. The van der Waals surface area contributed by atoms with Crippen molar-refractivity contribution in [2.75, 3.05) is 40.5 Å². The largest absolute Gasteiger partial charge is 0.497 e. The smallest absolute Gasteiger partial charge is 0.330 e. The van der Waals surface area contributed by atoms with Crippen LogP contribution >= 0.6 is 0 Å². The maximum absolute atomic E-state index is 16.8. The number of hydrogen-bond donors (Lipinski definition) is 2. The third-order valence-corrected chi connectivity index (χ3v) is 9.17. The van der Waals surface area contributed by atoms with Gasteiger partial charge in [-0.25, -0.2) is 9.18 Å². The van der Waals surface area contributed by atoms with Crippen LogP contribution in [0.3, 0.4) is 0 Å². The average molecular weight is 750 g/mol. The lowest BCUT2D eigenvalue weighted by molar-refractivity contribution is -0.156. The number of aromatic amines is 1. The van der Waals surface area contributed by atoms with Crippen molar-refractivity contribution in [3.8, 4) is 11.5 Å². The van der Waals surface area contributed by atoms with Gasteiger partial charge in [0, 0.05) is 12.3 Å². The number of carboxylic acids is 1. The number of carboxylic acid groups (broad SMARTS) is 1. The molecular formula is C40H48FN3O10. The molecule has 4 aromatic rings. The highest BCUT2D eigenvalue weighted by atomic mass is 19.1. The molecule has 2 N–H and O–H groups in total. The SMILES string of the molecule is CCN(CC)CC.COc1ccc(C(O[C@H]2[C@@H](F)[C@H](n3ccc(=O)[nH]c3=O)O[C@@H]2COC(=O)CCC(=O)O)(c2ccccc2)c2ccc(OC)cc2)cc1. The quantitative estimate of drug-likeness (QED) is 0.118. The van der Waals surface area contributed by atoms with Gasteiger partial charge in [-0.15, -0.1) is 0 Å². The normalized spacial score (nSPS) is 18.1. The van der Waals surface area contributed by atoms with E-state index in [0.29, 0.717) is 28.2 Å². The summed E-state index contributed by atoms with van der Waals surface area (Å²) in [5, 5.41) is 8.97. The molecule has 0 unspecified atom stereocenters. The van der Waals surface area contributed by atoms with Gasteiger partial charge < -0.3 is 33.7 Å². The fourth-order valence-corrected chi connectivity index (χ4v) is 6.18. The van der Waals surface area contributed by atoms with Crippen molar-refractivity contribution in [2.45, 2.75) is 63.8 Å². The number of halogens is 1. The van der Waals surface area contributed by atoms with E-state index >= 15 is 4.39 Å². The number of aliphatic carboxylic acids is 1. The summed E-state index contributed by atoms with van der Waals surface area (Å²) in [5.41, 5.74) is -1.31. The van der Waals surface area contributed by atoms with E-state index in [-0.39, 0.29) is 0 Å². The van der Waals surface area contributed by atoms with Crippen LogP contribution in [0.1, 0.15) is 56.5 Å². The molecule has 1 saturated heterocycles. The molecule has 3 aromatic carbocycles. The average Bonchev–Trinajstić information content (AvgIpc) is 3.50. The zero-order chi connectivity index (χ0) is 39.3. The summed E-state index contributed by atoms with van der Waals surface area (Å²) < 4.78 is 46.7. The van der Waals surface area contributed by atoms with Gasteiger partial charge in [0.25, 0.3) is 5.56 Å². The van der Waals surface area contributed by atoms with E-state index in [1.54, 1.807) is 48.5 Å². The number of esters is 1. The van der Waals surface area contributed by atoms with E-state index in [0.717, 1.165) is 16.8 Å². The molecule has 1 aromatic heterocycles. The zero-order valence-corrected chi connectivity index (χ0v) is 31.1. The Hall–Kier alpha value is -5.31. The monoisotopic (exact) mass is 749 g/mol. The summed E-state index contributed by atoms with van der Waals surface area (Å²) in [6.07, 6.45) is -6.13. The second-order valence-electron chi connectivity index (χ2n) is 12.3. The van der Waals surface area contributed by atoms with E-state index in [1.807, 2.05) is 30.3 Å². The Morgan fingerprint density at radius 1 is 0.833 bits per heavy atom. The summed E-state index contributed by atoms with van der Waals surface area (Å²) >= 11 is 0. The molecule has 0 amide bonds. The molecular weight excluding hydrogens is 701 g/mol. The highest BCUT2D eigenvalue weighted by Crippen LogP contribution is 2.46. The van der Waals surface area contributed by atoms with Gasteiger partial charge in [-0.3, -0.25) is 23.9 Å². The van der Waals surface area contributed by atoms with E-state index in [4.69, 9.17) is 28.8 Å². The highest BCUT2D eigenvalue weighted by Gasteiger charge is 2.52. The number of carbonyl (C=O) groups excluding carboxylic acids is 1. The van der Waals surface area contributed by atoms with Crippen LogP contribution in [-0.4, -0.2) is 90.3 Å². The van der Waals surface area contributed by atoms with Crippen LogP contribution in [0.15, 0.2) is 101 Å². The van der Waals surface area contributed by atoms with Gasteiger partial charge in [0.1, 0.15) is 35.9 Å². The van der Waals surface area contributed by atoms with E-state index < -0.39 is 72.8 Å². The van der Waals surface area contributed by atoms with Gasteiger partial charge in [-0.2, -0.15) is 0 Å². The van der Waals surface area contributed by atoms with Crippen molar-refractivity contribution in [3.05, 3.63) is 129 Å². The van der Waals surface area contributed by atoms with Crippen molar-refractivity contribution in [1.82, 2.24) is 14.5 Å². The molecule has 290 valence electrons. The number of H-pyrrole nitrogens is 1. The van der Waals surface area contributed by atoms with E-state index in [1.165, 1.54) is 33.9 Å². The Morgan fingerprint density at radius 2 is 1.37 bits per heavy atom. The fraction of sp³-hybridized carbons (Fsp3) is 0.400. The second kappa shape index (κ2) is 19.7. The Balaban J connectivity index is 0.000000845.